The average molecular weight is 500 g/mol. The minimum absolute atomic E-state index is 0.0497. The van der Waals surface area contributed by atoms with Gasteiger partial charge in [-0.15, -0.1) is 0 Å². The average Bonchev–Trinajstić information content (AvgIpc) is 3.05. The van der Waals surface area contributed by atoms with Gasteiger partial charge in [0.25, 0.3) is 10.0 Å². The molecule has 0 bridgehead atoms. The molecule has 3 aromatic heterocycles. The number of benzene rings is 1. The van der Waals surface area contributed by atoms with Gasteiger partial charge in [-0.05, 0) is 56.7 Å². The van der Waals surface area contributed by atoms with Crippen LogP contribution in [0.25, 0.3) is 17.1 Å². The van der Waals surface area contributed by atoms with Crippen LogP contribution >= 0.6 is 0 Å². The number of hydrogen-bond donors (Lipinski definition) is 0. The molecule has 180 valence electrons. The monoisotopic (exact) mass is 499 g/mol. The molecule has 0 fully saturated rings. The quantitative estimate of drug-likeness (QED) is 0.408. The van der Waals surface area contributed by atoms with Crippen molar-refractivity contribution in [1.29, 1.82) is 0 Å². The fraction of sp³-hybridized carbons (Fsp3) is 0.208. The number of aromatic nitrogens is 4. The van der Waals surface area contributed by atoms with Gasteiger partial charge in [-0.1, -0.05) is 17.7 Å². The summed E-state index contributed by atoms with van der Waals surface area (Å²) in [6.07, 6.45) is -1.62. The van der Waals surface area contributed by atoms with E-state index < -0.39 is 21.8 Å². The molecule has 0 spiro atoms. The maximum atomic E-state index is 13.7. The standard InChI is InChI=1S/C24H20F3N5O2S/c1-15-7-9-17(10-8-15)35(33,34)31-14-11-18-16(2)32(23-20(24(25,26)27)6-4-13-29-23)30-21(18)19-5-3-12-28-22(19)31/h3-10,12-13H,11,14H2,1-2H3. The first-order valence-corrected chi connectivity index (χ1v) is 12.2. The van der Waals surface area contributed by atoms with Crippen molar-refractivity contribution >= 4 is 15.8 Å². The van der Waals surface area contributed by atoms with Crippen molar-refractivity contribution < 1.29 is 21.6 Å². The van der Waals surface area contributed by atoms with Crippen molar-refractivity contribution in [1.82, 2.24) is 19.7 Å². The van der Waals surface area contributed by atoms with Crippen LogP contribution in [0.1, 0.15) is 22.4 Å². The lowest BCUT2D eigenvalue weighted by molar-refractivity contribution is -0.137. The van der Waals surface area contributed by atoms with E-state index in [1.165, 1.54) is 27.4 Å². The molecule has 7 nitrogen and oxygen atoms in total. The zero-order valence-electron chi connectivity index (χ0n) is 18.8. The lowest BCUT2D eigenvalue weighted by Crippen LogP contribution is -2.33. The summed E-state index contributed by atoms with van der Waals surface area (Å²) in [5, 5.41) is 4.49. The number of alkyl halides is 3. The number of anilines is 1. The molecule has 5 rings (SSSR count). The van der Waals surface area contributed by atoms with Crippen LogP contribution in [0, 0.1) is 13.8 Å². The fourth-order valence-electron chi connectivity index (χ4n) is 4.21. The van der Waals surface area contributed by atoms with Gasteiger partial charge in [-0.3, -0.25) is 0 Å². The highest BCUT2D eigenvalue weighted by Crippen LogP contribution is 2.39. The van der Waals surface area contributed by atoms with Crippen LogP contribution in [-0.2, 0) is 22.6 Å². The summed E-state index contributed by atoms with van der Waals surface area (Å²) in [5.74, 6) is -0.159. The van der Waals surface area contributed by atoms with Gasteiger partial charge in [-0.25, -0.2) is 27.4 Å². The number of halogens is 3. The Labute approximate surface area is 199 Å². The second-order valence-corrected chi connectivity index (χ2v) is 10.1. The Kier molecular flexibility index (Phi) is 5.39. The predicted molar refractivity (Wildman–Crippen MR) is 124 cm³/mol. The van der Waals surface area contributed by atoms with Gasteiger partial charge < -0.3 is 0 Å². The summed E-state index contributed by atoms with van der Waals surface area (Å²) < 4.78 is 70.5. The summed E-state index contributed by atoms with van der Waals surface area (Å²) in [6, 6.07) is 12.0. The molecule has 0 atom stereocenters. The predicted octanol–water partition coefficient (Wildman–Crippen LogP) is 4.72. The Morgan fingerprint density at radius 2 is 1.57 bits per heavy atom. The zero-order valence-corrected chi connectivity index (χ0v) is 19.6. The van der Waals surface area contributed by atoms with Gasteiger partial charge in [0, 0.05) is 35.8 Å². The molecule has 0 radical (unpaired) electrons. The lowest BCUT2D eigenvalue weighted by atomic mass is 10.1. The first-order valence-electron chi connectivity index (χ1n) is 10.7. The second-order valence-electron chi connectivity index (χ2n) is 8.21. The van der Waals surface area contributed by atoms with Gasteiger partial charge >= 0.3 is 6.18 Å². The van der Waals surface area contributed by atoms with Gasteiger partial charge in [0.2, 0.25) is 0 Å². The maximum Gasteiger partial charge on any atom is 0.420 e. The minimum atomic E-state index is -4.61. The Balaban J connectivity index is 1.67. The largest absolute Gasteiger partial charge is 0.420 e. The zero-order chi connectivity index (χ0) is 25.0. The molecule has 35 heavy (non-hydrogen) atoms. The third-order valence-electron chi connectivity index (χ3n) is 5.98. The molecule has 0 unspecified atom stereocenters. The van der Waals surface area contributed by atoms with E-state index in [4.69, 9.17) is 0 Å². The molecule has 1 aromatic carbocycles. The van der Waals surface area contributed by atoms with Crippen LogP contribution in [0.3, 0.4) is 0 Å². The van der Waals surface area contributed by atoms with Gasteiger partial charge in [0.05, 0.1) is 4.90 Å². The topological polar surface area (TPSA) is 81.0 Å². The number of sulfonamides is 1. The molecule has 0 saturated heterocycles. The summed E-state index contributed by atoms with van der Waals surface area (Å²) >= 11 is 0. The van der Waals surface area contributed by atoms with Crippen LogP contribution in [0.4, 0.5) is 19.0 Å². The van der Waals surface area contributed by atoms with Crippen LogP contribution < -0.4 is 4.31 Å². The Morgan fingerprint density at radius 1 is 0.914 bits per heavy atom. The van der Waals surface area contributed by atoms with Gasteiger partial charge in [0.15, 0.2) is 11.6 Å². The van der Waals surface area contributed by atoms with Crippen molar-refractivity contribution in [2.45, 2.75) is 31.3 Å². The summed E-state index contributed by atoms with van der Waals surface area (Å²) in [6.45, 7) is 3.57. The number of pyridine rings is 2. The van der Waals surface area contributed by atoms with E-state index in [-0.39, 0.29) is 29.5 Å². The van der Waals surface area contributed by atoms with Gasteiger partial charge in [0.1, 0.15) is 11.3 Å². The van der Waals surface area contributed by atoms with E-state index in [1.54, 1.807) is 43.3 Å². The first-order chi connectivity index (χ1) is 16.6. The molecule has 0 saturated carbocycles. The highest BCUT2D eigenvalue weighted by molar-refractivity contribution is 7.92. The van der Waals surface area contributed by atoms with Crippen LogP contribution in [0.2, 0.25) is 0 Å². The van der Waals surface area contributed by atoms with Crippen LogP contribution in [-0.4, -0.2) is 34.7 Å². The van der Waals surface area contributed by atoms with E-state index >= 15 is 0 Å². The van der Waals surface area contributed by atoms with Crippen molar-refractivity contribution in [3.8, 4) is 17.1 Å². The smallest absolute Gasteiger partial charge is 0.249 e. The van der Waals surface area contributed by atoms with E-state index in [2.05, 4.69) is 15.1 Å². The molecule has 4 aromatic rings. The van der Waals surface area contributed by atoms with E-state index in [9.17, 15) is 21.6 Å². The summed E-state index contributed by atoms with van der Waals surface area (Å²) in [4.78, 5) is 8.43. The van der Waals surface area contributed by atoms with Crippen molar-refractivity contribution in [3.63, 3.8) is 0 Å². The molecule has 4 heterocycles. The number of nitrogens with zero attached hydrogens (tertiary/aromatic N) is 5. The molecular formula is C24H20F3N5O2S. The van der Waals surface area contributed by atoms with E-state index in [1.807, 2.05) is 6.92 Å². The van der Waals surface area contributed by atoms with Crippen molar-refractivity contribution in [3.05, 3.63) is 83.3 Å². The Bertz CT molecular complexity index is 1530. The number of rotatable bonds is 3. The summed E-state index contributed by atoms with van der Waals surface area (Å²) in [7, 11) is -3.94. The minimum Gasteiger partial charge on any atom is -0.249 e. The maximum absolute atomic E-state index is 13.7. The van der Waals surface area contributed by atoms with Crippen LogP contribution in [0.5, 0.6) is 0 Å². The van der Waals surface area contributed by atoms with Crippen LogP contribution in [0.15, 0.2) is 65.8 Å². The first kappa shape index (κ1) is 23.0. The third-order valence-corrected chi connectivity index (χ3v) is 7.79. The van der Waals surface area contributed by atoms with Crippen molar-refractivity contribution in [2.24, 2.45) is 0 Å². The molecule has 1 aliphatic rings. The second kappa shape index (κ2) is 8.19. The Morgan fingerprint density at radius 3 is 2.26 bits per heavy atom. The number of aryl methyl sites for hydroxylation is 1. The normalized spacial score (nSPS) is 13.8. The summed E-state index contributed by atoms with van der Waals surface area (Å²) in [5.41, 5.74) is 1.91. The molecule has 11 heteroatoms. The molecule has 0 N–H and O–H groups in total. The third kappa shape index (κ3) is 3.85. The molecule has 1 aliphatic heterocycles. The Hall–Kier alpha value is -3.73. The fourth-order valence-corrected chi connectivity index (χ4v) is 5.65. The van der Waals surface area contributed by atoms with E-state index in [0.29, 0.717) is 22.5 Å². The number of fused-ring (bicyclic) bond motifs is 3. The molecule has 0 aliphatic carbocycles. The SMILES string of the molecule is Cc1ccc(S(=O)(=O)N2CCc3c(nn(-c4ncccc4C(F)(F)F)c3C)-c3cccnc32)cc1. The van der Waals surface area contributed by atoms with Gasteiger partial charge in [-0.2, -0.15) is 18.3 Å². The number of hydrogen-bond acceptors (Lipinski definition) is 5. The van der Waals surface area contributed by atoms with E-state index in [0.717, 1.165) is 11.6 Å². The lowest BCUT2D eigenvalue weighted by Gasteiger charge is -2.23. The molecule has 0 amide bonds. The van der Waals surface area contributed by atoms with Crippen molar-refractivity contribution in [2.75, 3.05) is 10.8 Å². The highest BCUT2D eigenvalue weighted by atomic mass is 32.2. The molecular weight excluding hydrogens is 479 g/mol. The highest BCUT2D eigenvalue weighted by Gasteiger charge is 2.37.